The fourth-order valence-electron chi connectivity index (χ4n) is 3.65. The number of nitrogens with zero attached hydrogens (tertiary/aromatic N) is 1. The summed E-state index contributed by atoms with van der Waals surface area (Å²) in [5.41, 5.74) is 1.69. The van der Waals surface area contributed by atoms with Gasteiger partial charge in [-0.1, -0.05) is 12.1 Å². The van der Waals surface area contributed by atoms with Crippen LogP contribution in [0, 0.1) is 0 Å². The van der Waals surface area contributed by atoms with Crippen LogP contribution >= 0.6 is 12.4 Å². The third-order valence-corrected chi connectivity index (χ3v) is 5.12. The molecule has 0 unspecified atom stereocenters. The molecular weight excluding hydrogens is 461 g/mol. The molecule has 3 rings (SSSR count). The van der Waals surface area contributed by atoms with Crippen molar-refractivity contribution in [3.05, 3.63) is 52.6 Å². The number of ketones is 1. The number of ether oxygens (including phenoxy) is 2. The van der Waals surface area contributed by atoms with Gasteiger partial charge in [0.05, 0.1) is 24.3 Å². The van der Waals surface area contributed by atoms with Gasteiger partial charge in [-0.05, 0) is 50.6 Å². The van der Waals surface area contributed by atoms with Gasteiger partial charge in [0.1, 0.15) is 11.5 Å². The summed E-state index contributed by atoms with van der Waals surface area (Å²) in [6, 6.07) is 7.54. The maximum atomic E-state index is 13.2. The summed E-state index contributed by atoms with van der Waals surface area (Å²) < 4.78 is 50.2. The second-order valence-corrected chi connectivity index (χ2v) is 7.93. The molecule has 0 bridgehead atoms. The first-order valence-electron chi connectivity index (χ1n) is 10.1. The van der Waals surface area contributed by atoms with Gasteiger partial charge in [0.25, 0.3) is 11.7 Å². The van der Waals surface area contributed by atoms with E-state index in [0.717, 1.165) is 42.8 Å². The molecule has 0 fully saturated rings. The van der Waals surface area contributed by atoms with Crippen molar-refractivity contribution in [3.63, 3.8) is 0 Å². The van der Waals surface area contributed by atoms with Gasteiger partial charge in [-0.25, -0.2) is 0 Å². The highest BCUT2D eigenvalue weighted by Crippen LogP contribution is 2.35. The Bertz CT molecular complexity index is 1040. The van der Waals surface area contributed by atoms with E-state index in [-0.39, 0.29) is 29.5 Å². The number of carbonyl (C=O) groups is 2. The van der Waals surface area contributed by atoms with Gasteiger partial charge < -0.3 is 19.7 Å². The summed E-state index contributed by atoms with van der Waals surface area (Å²) in [7, 11) is 3.29. The molecule has 0 spiro atoms. The molecule has 33 heavy (non-hydrogen) atoms. The van der Waals surface area contributed by atoms with E-state index in [1.54, 1.807) is 19.9 Å². The largest absolute Gasteiger partial charge is 0.496 e. The molecule has 1 heterocycles. The van der Waals surface area contributed by atoms with Crippen LogP contribution in [0.5, 0.6) is 11.5 Å². The van der Waals surface area contributed by atoms with Crippen molar-refractivity contribution in [2.24, 2.45) is 0 Å². The number of likely N-dealkylation sites (N-methyl/N-ethyl adjacent to an activating group) is 1. The smallest absolute Gasteiger partial charge is 0.455 e. The molecule has 0 saturated heterocycles. The van der Waals surface area contributed by atoms with E-state index in [1.807, 2.05) is 19.2 Å². The quantitative estimate of drug-likeness (QED) is 0.589. The lowest BCUT2D eigenvalue weighted by molar-refractivity contribution is -0.0887. The highest BCUT2D eigenvalue weighted by atomic mass is 35.5. The minimum atomic E-state index is -5.12. The zero-order valence-electron chi connectivity index (χ0n) is 18.7. The van der Waals surface area contributed by atoms with Crippen LogP contribution in [0.4, 0.5) is 18.9 Å². The number of benzene rings is 2. The molecule has 0 saturated carbocycles. The number of alkyl halides is 3. The van der Waals surface area contributed by atoms with Gasteiger partial charge in [0.2, 0.25) is 0 Å². The van der Waals surface area contributed by atoms with Crippen LogP contribution in [0.25, 0.3) is 0 Å². The van der Waals surface area contributed by atoms with Crippen LogP contribution in [-0.4, -0.2) is 49.6 Å². The van der Waals surface area contributed by atoms with Crippen molar-refractivity contribution in [2.75, 3.05) is 26.0 Å². The summed E-state index contributed by atoms with van der Waals surface area (Å²) >= 11 is 0. The first-order chi connectivity index (χ1) is 15.0. The molecule has 2 aromatic carbocycles. The number of amides is 1. The number of rotatable bonds is 6. The maximum Gasteiger partial charge on any atom is 0.455 e. The standard InChI is InChI=1S/C23H25F3N2O4.ClH/c1-13(2)32-20-11-19(31-4)17(10-16(20)21(29)23(24,25)26)22(30)27-18-7-5-6-14-12-28(3)9-8-15(14)18;/h5-7,10-11,13H,8-9,12H2,1-4H3,(H,27,30);1H. The number of halogens is 4. The Morgan fingerprint density at radius 2 is 1.82 bits per heavy atom. The van der Waals surface area contributed by atoms with Crippen LogP contribution in [0.2, 0.25) is 0 Å². The third-order valence-electron chi connectivity index (χ3n) is 5.12. The van der Waals surface area contributed by atoms with E-state index in [0.29, 0.717) is 5.69 Å². The molecule has 0 radical (unpaired) electrons. The predicted molar refractivity (Wildman–Crippen MR) is 121 cm³/mol. The Labute approximate surface area is 196 Å². The lowest BCUT2D eigenvalue weighted by Gasteiger charge is -2.27. The number of anilines is 1. The number of methoxy groups -OCH3 is 1. The zero-order valence-corrected chi connectivity index (χ0v) is 19.5. The molecule has 1 aliphatic heterocycles. The van der Waals surface area contributed by atoms with Crippen molar-refractivity contribution in [2.45, 2.75) is 39.1 Å². The first-order valence-corrected chi connectivity index (χ1v) is 10.1. The van der Waals surface area contributed by atoms with Gasteiger partial charge in [-0.15, -0.1) is 12.4 Å². The summed E-state index contributed by atoms with van der Waals surface area (Å²) in [4.78, 5) is 27.3. The van der Waals surface area contributed by atoms with Crippen LogP contribution in [-0.2, 0) is 13.0 Å². The topological polar surface area (TPSA) is 67.9 Å². The van der Waals surface area contributed by atoms with E-state index in [4.69, 9.17) is 9.47 Å². The Balaban J connectivity index is 0.00000385. The van der Waals surface area contributed by atoms with Gasteiger partial charge >= 0.3 is 6.18 Å². The summed E-state index contributed by atoms with van der Waals surface area (Å²) in [5, 5.41) is 2.77. The summed E-state index contributed by atoms with van der Waals surface area (Å²) in [5.74, 6) is -3.07. The molecule has 0 atom stereocenters. The number of carbonyl (C=O) groups excluding carboxylic acids is 2. The Morgan fingerprint density at radius 3 is 2.42 bits per heavy atom. The van der Waals surface area contributed by atoms with Gasteiger partial charge in [0.15, 0.2) is 0 Å². The maximum absolute atomic E-state index is 13.2. The monoisotopic (exact) mass is 486 g/mol. The second-order valence-electron chi connectivity index (χ2n) is 7.93. The molecule has 10 heteroatoms. The van der Waals surface area contributed by atoms with E-state index in [1.165, 1.54) is 7.11 Å². The normalized spacial score (nSPS) is 13.7. The van der Waals surface area contributed by atoms with Crippen molar-refractivity contribution in [1.82, 2.24) is 4.90 Å². The summed E-state index contributed by atoms with van der Waals surface area (Å²) in [6.07, 6.45) is -4.89. The minimum absolute atomic E-state index is 0. The van der Waals surface area contributed by atoms with E-state index >= 15 is 0 Å². The van der Waals surface area contributed by atoms with Crippen LogP contribution in [0.1, 0.15) is 45.7 Å². The molecule has 0 aliphatic carbocycles. The van der Waals surface area contributed by atoms with Crippen LogP contribution in [0.3, 0.4) is 0 Å². The number of Topliss-reactive ketones (excluding diaryl/α,β-unsaturated/α-hetero) is 1. The number of nitrogens with one attached hydrogen (secondary N) is 1. The van der Waals surface area contributed by atoms with Crippen molar-refractivity contribution >= 4 is 29.8 Å². The van der Waals surface area contributed by atoms with E-state index in [9.17, 15) is 22.8 Å². The van der Waals surface area contributed by atoms with Crippen molar-refractivity contribution < 1.29 is 32.2 Å². The lowest BCUT2D eigenvalue weighted by atomic mass is 9.97. The number of fused-ring (bicyclic) bond motifs is 1. The van der Waals surface area contributed by atoms with E-state index in [2.05, 4.69) is 10.2 Å². The molecule has 1 aliphatic rings. The fraction of sp³-hybridized carbons (Fsp3) is 0.391. The van der Waals surface area contributed by atoms with Gasteiger partial charge in [-0.3, -0.25) is 9.59 Å². The van der Waals surface area contributed by atoms with Crippen molar-refractivity contribution in [3.8, 4) is 11.5 Å². The van der Waals surface area contributed by atoms with Crippen LogP contribution < -0.4 is 14.8 Å². The first kappa shape index (κ1) is 26.5. The molecule has 1 amide bonds. The Morgan fingerprint density at radius 1 is 1.12 bits per heavy atom. The highest BCUT2D eigenvalue weighted by Gasteiger charge is 2.41. The average molecular weight is 487 g/mol. The third kappa shape index (κ3) is 5.97. The highest BCUT2D eigenvalue weighted by molar-refractivity contribution is 6.10. The Hall–Kier alpha value is -2.78. The second kappa shape index (κ2) is 10.4. The molecule has 0 aromatic heterocycles. The predicted octanol–water partition coefficient (Wildman–Crippen LogP) is 4.89. The SMILES string of the molecule is COc1cc(OC(C)C)c(C(=O)C(F)(F)F)cc1C(=O)Nc1cccc2c1CCN(C)C2.Cl. The molecule has 6 nitrogen and oxygen atoms in total. The van der Waals surface area contributed by atoms with Gasteiger partial charge in [0, 0.05) is 24.8 Å². The minimum Gasteiger partial charge on any atom is -0.496 e. The molecule has 180 valence electrons. The average Bonchev–Trinajstić information content (AvgIpc) is 2.71. The molecular formula is C23H26ClF3N2O4. The van der Waals surface area contributed by atoms with Gasteiger partial charge in [-0.2, -0.15) is 13.2 Å². The lowest BCUT2D eigenvalue weighted by Crippen LogP contribution is -2.28. The number of hydrogen-bond acceptors (Lipinski definition) is 5. The Kier molecular flexibility index (Phi) is 8.37. The van der Waals surface area contributed by atoms with Crippen molar-refractivity contribution in [1.29, 1.82) is 0 Å². The zero-order chi connectivity index (χ0) is 23.6. The fourth-order valence-corrected chi connectivity index (χ4v) is 3.65. The number of hydrogen-bond donors (Lipinski definition) is 1. The molecule has 1 N–H and O–H groups in total. The van der Waals surface area contributed by atoms with Crippen LogP contribution in [0.15, 0.2) is 30.3 Å². The van der Waals surface area contributed by atoms with E-state index < -0.39 is 29.5 Å². The molecule has 2 aromatic rings. The summed E-state index contributed by atoms with van der Waals surface area (Å²) in [6.45, 7) is 4.78.